The van der Waals surface area contributed by atoms with Gasteiger partial charge in [-0.25, -0.2) is 0 Å². The maximum Gasteiger partial charge on any atom is 0.0883 e. The van der Waals surface area contributed by atoms with Crippen molar-refractivity contribution in [3.8, 4) is 0 Å². The van der Waals surface area contributed by atoms with E-state index in [1.54, 1.807) is 0 Å². The zero-order valence-electron chi connectivity index (χ0n) is 16.6. The quantitative estimate of drug-likeness (QED) is 0.103. The molecule has 0 aliphatic rings. The first kappa shape index (κ1) is 24.9. The van der Waals surface area contributed by atoms with Gasteiger partial charge >= 0.3 is 0 Å². The summed E-state index contributed by atoms with van der Waals surface area (Å²) >= 11 is 7.22. The third-order valence-corrected chi connectivity index (χ3v) is 6.01. The zero-order chi connectivity index (χ0) is 17.9. The lowest BCUT2D eigenvalue weighted by Gasteiger charge is -2.33. The average Bonchev–Trinajstić information content (AvgIpc) is 2.55. The minimum atomic E-state index is 1.12. The summed E-state index contributed by atoms with van der Waals surface area (Å²) in [6.45, 7) is 6.15. The number of alkyl halides is 2. The summed E-state index contributed by atoms with van der Waals surface area (Å²) < 4.78 is 1.22. The first-order valence-corrected chi connectivity index (χ1v) is 12.9. The van der Waals surface area contributed by atoms with E-state index < -0.39 is 0 Å². The van der Waals surface area contributed by atoms with E-state index in [1.807, 2.05) is 0 Å². The van der Waals surface area contributed by atoms with Gasteiger partial charge in [-0.1, -0.05) is 116 Å². The molecular formula is C21H44Br2N+. The van der Waals surface area contributed by atoms with E-state index in [4.69, 9.17) is 0 Å². The molecule has 0 aromatic carbocycles. The Morgan fingerprint density at radius 2 is 0.833 bits per heavy atom. The molecule has 0 aromatic heterocycles. The fourth-order valence-corrected chi connectivity index (χ4v) is 5.14. The molecule has 0 aliphatic heterocycles. The smallest absolute Gasteiger partial charge is 0.0883 e. The predicted molar refractivity (Wildman–Crippen MR) is 119 cm³/mol. The highest BCUT2D eigenvalue weighted by Crippen LogP contribution is 2.14. The topological polar surface area (TPSA) is 0 Å². The zero-order valence-corrected chi connectivity index (χ0v) is 19.8. The van der Waals surface area contributed by atoms with Crippen molar-refractivity contribution in [3.63, 3.8) is 0 Å². The molecule has 0 spiro atoms. The van der Waals surface area contributed by atoms with Crippen LogP contribution in [0.4, 0.5) is 0 Å². The molecule has 0 saturated carbocycles. The third-order valence-electron chi connectivity index (χ3n) is 5.30. The second-order valence-electron chi connectivity index (χ2n) is 7.76. The summed E-state index contributed by atoms with van der Waals surface area (Å²) in [6, 6.07) is 0. The van der Waals surface area contributed by atoms with Gasteiger partial charge in [0, 0.05) is 0 Å². The van der Waals surface area contributed by atoms with Gasteiger partial charge in [0.1, 0.15) is 0 Å². The Morgan fingerprint density at radius 3 is 1.17 bits per heavy atom. The number of hydrogen-bond donors (Lipinski definition) is 0. The molecule has 3 heteroatoms. The van der Waals surface area contributed by atoms with Crippen LogP contribution in [0.5, 0.6) is 0 Å². The SMILES string of the molecule is CCCCCCCCCCCCCCCC[N+](C)(CCBr)CCBr. The van der Waals surface area contributed by atoms with Gasteiger partial charge in [-0.15, -0.1) is 0 Å². The highest BCUT2D eigenvalue weighted by atomic mass is 79.9. The molecule has 0 aliphatic carbocycles. The Hall–Kier alpha value is 0.920. The summed E-state index contributed by atoms with van der Waals surface area (Å²) in [4.78, 5) is 0. The summed E-state index contributed by atoms with van der Waals surface area (Å²) in [5, 5.41) is 2.24. The van der Waals surface area contributed by atoms with Crippen LogP contribution in [0.3, 0.4) is 0 Å². The number of hydrogen-bond acceptors (Lipinski definition) is 0. The van der Waals surface area contributed by atoms with Crippen LogP contribution in [0, 0.1) is 0 Å². The van der Waals surface area contributed by atoms with E-state index in [-0.39, 0.29) is 0 Å². The number of unbranched alkanes of at least 4 members (excludes halogenated alkanes) is 13. The molecule has 0 heterocycles. The largest absolute Gasteiger partial charge is 0.325 e. The van der Waals surface area contributed by atoms with Gasteiger partial charge in [-0.05, 0) is 12.8 Å². The standard InChI is InChI=1S/C21H44Br2N/c1-3-4-5-6-7-8-9-10-11-12-13-14-15-16-19-24(2,20-17-22)21-18-23/h3-21H2,1-2H3/q+1. The average molecular weight is 470 g/mol. The van der Waals surface area contributed by atoms with Crippen LogP contribution in [0.1, 0.15) is 96.8 Å². The molecule has 0 atom stereocenters. The van der Waals surface area contributed by atoms with Crippen molar-refractivity contribution in [2.45, 2.75) is 96.8 Å². The molecule has 0 fully saturated rings. The minimum Gasteiger partial charge on any atom is -0.325 e. The Balaban J connectivity index is 3.30. The monoisotopic (exact) mass is 468 g/mol. The molecule has 0 radical (unpaired) electrons. The van der Waals surface area contributed by atoms with Crippen LogP contribution >= 0.6 is 31.9 Å². The third kappa shape index (κ3) is 16.4. The molecule has 0 rings (SSSR count). The Kier molecular flexibility index (Phi) is 19.4. The van der Waals surface area contributed by atoms with Gasteiger partial charge in [0.25, 0.3) is 0 Å². The van der Waals surface area contributed by atoms with Crippen LogP contribution in [0.15, 0.2) is 0 Å². The van der Waals surface area contributed by atoms with Crippen molar-refractivity contribution >= 4 is 31.9 Å². The van der Waals surface area contributed by atoms with E-state index in [9.17, 15) is 0 Å². The van der Waals surface area contributed by atoms with Gasteiger partial charge in [0.05, 0.1) is 37.3 Å². The lowest BCUT2D eigenvalue weighted by atomic mass is 10.0. The maximum atomic E-state index is 3.61. The molecule has 24 heavy (non-hydrogen) atoms. The predicted octanol–water partition coefficient (Wildman–Crippen LogP) is 7.70. The number of rotatable bonds is 19. The van der Waals surface area contributed by atoms with Crippen LogP contribution in [0.2, 0.25) is 0 Å². The van der Waals surface area contributed by atoms with E-state index in [0.29, 0.717) is 0 Å². The van der Waals surface area contributed by atoms with Gasteiger partial charge in [-0.3, -0.25) is 0 Å². The lowest BCUT2D eigenvalue weighted by Crippen LogP contribution is -2.47. The molecule has 0 saturated heterocycles. The molecule has 1 nitrogen and oxygen atoms in total. The first-order valence-electron chi connectivity index (χ1n) is 10.6. The van der Waals surface area contributed by atoms with E-state index in [0.717, 1.165) is 10.7 Å². The molecule has 0 N–H and O–H groups in total. The van der Waals surface area contributed by atoms with Crippen LogP contribution < -0.4 is 0 Å². The Bertz CT molecular complexity index is 240. The van der Waals surface area contributed by atoms with Crippen molar-refractivity contribution in [1.82, 2.24) is 0 Å². The minimum absolute atomic E-state index is 1.12. The van der Waals surface area contributed by atoms with Crippen molar-refractivity contribution < 1.29 is 4.48 Å². The van der Waals surface area contributed by atoms with Crippen molar-refractivity contribution in [2.24, 2.45) is 0 Å². The molecule has 0 aromatic rings. The van der Waals surface area contributed by atoms with Crippen molar-refractivity contribution in [1.29, 1.82) is 0 Å². The van der Waals surface area contributed by atoms with Gasteiger partial charge in [0.15, 0.2) is 0 Å². The summed E-state index contributed by atoms with van der Waals surface area (Å²) in [5.41, 5.74) is 0. The summed E-state index contributed by atoms with van der Waals surface area (Å²) in [5.74, 6) is 0. The molecule has 146 valence electrons. The fourth-order valence-electron chi connectivity index (χ4n) is 3.43. The van der Waals surface area contributed by atoms with Crippen molar-refractivity contribution in [3.05, 3.63) is 0 Å². The molecule has 0 unspecified atom stereocenters. The van der Waals surface area contributed by atoms with Gasteiger partial charge in [-0.2, -0.15) is 0 Å². The first-order chi connectivity index (χ1) is 11.7. The van der Waals surface area contributed by atoms with Gasteiger partial charge < -0.3 is 4.48 Å². The van der Waals surface area contributed by atoms with Crippen molar-refractivity contribution in [2.75, 3.05) is 37.3 Å². The summed E-state index contributed by atoms with van der Waals surface area (Å²) in [7, 11) is 2.41. The molecular weight excluding hydrogens is 426 g/mol. The van der Waals surface area contributed by atoms with Crippen LogP contribution in [0.25, 0.3) is 0 Å². The number of quaternary nitrogens is 1. The fraction of sp³-hybridized carbons (Fsp3) is 1.00. The normalized spacial score (nSPS) is 12.0. The van der Waals surface area contributed by atoms with E-state index in [2.05, 4.69) is 45.8 Å². The highest BCUT2D eigenvalue weighted by Gasteiger charge is 2.18. The Labute approximate surface area is 170 Å². The number of halogens is 2. The summed E-state index contributed by atoms with van der Waals surface area (Å²) in [6.07, 6.45) is 20.3. The number of nitrogens with zero attached hydrogens (tertiary/aromatic N) is 1. The highest BCUT2D eigenvalue weighted by molar-refractivity contribution is 9.09. The second-order valence-corrected chi connectivity index (χ2v) is 9.35. The Morgan fingerprint density at radius 1 is 0.500 bits per heavy atom. The molecule has 0 amide bonds. The van der Waals surface area contributed by atoms with E-state index >= 15 is 0 Å². The maximum absolute atomic E-state index is 3.61. The van der Waals surface area contributed by atoms with Gasteiger partial charge in [0.2, 0.25) is 0 Å². The lowest BCUT2D eigenvalue weighted by molar-refractivity contribution is -0.904. The van der Waals surface area contributed by atoms with E-state index in [1.165, 1.54) is 114 Å². The van der Waals surface area contributed by atoms with Crippen LogP contribution in [-0.4, -0.2) is 41.8 Å². The second kappa shape index (κ2) is 18.7. The molecule has 0 bridgehead atoms. The van der Waals surface area contributed by atoms with Crippen LogP contribution in [-0.2, 0) is 0 Å².